The molecule has 3 rings (SSSR count). The number of amides is 2. The van der Waals surface area contributed by atoms with Crippen LogP contribution < -0.4 is 30.7 Å². The van der Waals surface area contributed by atoms with E-state index in [1.807, 2.05) is 30.1 Å². The third kappa shape index (κ3) is 6.60. The van der Waals surface area contributed by atoms with Crippen molar-refractivity contribution in [3.05, 3.63) is 64.7 Å². The van der Waals surface area contributed by atoms with Gasteiger partial charge in [-0.2, -0.15) is 5.10 Å². The molecule has 2 amide bonds. The molecule has 0 bridgehead atoms. The molecule has 33 heavy (non-hydrogen) atoms. The van der Waals surface area contributed by atoms with Crippen molar-refractivity contribution in [3.8, 4) is 0 Å². The number of carbonyl (C=O) groups is 1. The van der Waals surface area contributed by atoms with Crippen LogP contribution in [-0.4, -0.2) is 32.3 Å². The number of aromatic nitrogens is 2. The first-order valence-electron chi connectivity index (χ1n) is 11.4. The minimum atomic E-state index is -0.482. The third-order valence-electron chi connectivity index (χ3n) is 5.77. The summed E-state index contributed by atoms with van der Waals surface area (Å²) in [6, 6.07) is 7.96. The summed E-state index contributed by atoms with van der Waals surface area (Å²) in [4.78, 5) is 14.2. The van der Waals surface area contributed by atoms with Crippen molar-refractivity contribution in [3.63, 3.8) is 0 Å². The molecule has 0 unspecified atom stereocenters. The van der Waals surface area contributed by atoms with Gasteiger partial charge in [0, 0.05) is 13.2 Å². The van der Waals surface area contributed by atoms with E-state index in [9.17, 15) is 4.79 Å². The van der Waals surface area contributed by atoms with Crippen LogP contribution in [0.25, 0.3) is 5.57 Å². The standard InChI is InChI=1S/C25H35IN5O2/c1-5-8-20-15-19(22-13-14-31(4)29-22)11-12-24(20)33-16-21-18(6-2)9-7-10-23(21)28-25(32)30(3)17-26-27/h7,9-10,13-15H,5-6,8,11-12,16-17,27H2,1-4H3,(H,28,32)/q-1. The number of nitrogens with one attached hydrogen (secondary N) is 1. The van der Waals surface area contributed by atoms with Gasteiger partial charge >= 0.3 is 166 Å². The van der Waals surface area contributed by atoms with Crippen molar-refractivity contribution >= 4 is 17.3 Å². The van der Waals surface area contributed by atoms with E-state index < -0.39 is 21.5 Å². The van der Waals surface area contributed by atoms with Gasteiger partial charge in [-0.1, -0.05) is 6.92 Å². The number of halogens is 1. The fourth-order valence-corrected chi connectivity index (χ4v) is 4.89. The Balaban J connectivity index is 1.82. The molecule has 0 saturated carbocycles. The maximum absolute atomic E-state index is 12.6. The molecule has 180 valence electrons. The molecule has 2 aromatic rings. The molecule has 1 aromatic heterocycles. The molecule has 8 heteroatoms. The Labute approximate surface area is 207 Å². The number of rotatable bonds is 10. The van der Waals surface area contributed by atoms with E-state index in [0.29, 0.717) is 11.2 Å². The normalized spacial score (nSPS) is 13.8. The summed E-state index contributed by atoms with van der Waals surface area (Å²) in [5.41, 5.74) is 6.57. The van der Waals surface area contributed by atoms with Gasteiger partial charge in [0.05, 0.1) is 5.69 Å². The first-order chi connectivity index (χ1) is 16.0. The maximum atomic E-state index is 12.6. The second-order valence-corrected chi connectivity index (χ2v) is 9.79. The summed E-state index contributed by atoms with van der Waals surface area (Å²) in [5, 5.41) is 7.63. The molecule has 0 spiro atoms. The summed E-state index contributed by atoms with van der Waals surface area (Å²) in [5.74, 6) is 1.05. The van der Waals surface area contributed by atoms with Gasteiger partial charge in [-0.25, -0.2) is 0 Å². The Kier molecular flexibility index (Phi) is 9.37. The Morgan fingerprint density at radius 1 is 1.30 bits per heavy atom. The van der Waals surface area contributed by atoms with Gasteiger partial charge in [0.15, 0.2) is 0 Å². The van der Waals surface area contributed by atoms with Crippen LogP contribution in [0, 0.1) is 0 Å². The van der Waals surface area contributed by atoms with Crippen LogP contribution in [0.5, 0.6) is 0 Å². The van der Waals surface area contributed by atoms with E-state index in [4.69, 9.17) is 8.68 Å². The van der Waals surface area contributed by atoms with Crippen LogP contribution in [0.3, 0.4) is 0 Å². The molecule has 0 fully saturated rings. The van der Waals surface area contributed by atoms with Gasteiger partial charge in [-0.15, -0.1) is 0 Å². The summed E-state index contributed by atoms with van der Waals surface area (Å²) < 4.78 is 14.6. The quantitative estimate of drug-likeness (QED) is 0.200. The van der Waals surface area contributed by atoms with E-state index in [2.05, 4.69) is 42.5 Å². The summed E-state index contributed by atoms with van der Waals surface area (Å²) in [7, 11) is 3.72. The Bertz CT molecular complexity index is 1030. The van der Waals surface area contributed by atoms with Gasteiger partial charge < -0.3 is 0 Å². The summed E-state index contributed by atoms with van der Waals surface area (Å²) in [6.45, 7) is 4.75. The van der Waals surface area contributed by atoms with Crippen LogP contribution in [0.15, 0.2) is 47.9 Å². The molecule has 0 radical (unpaired) electrons. The van der Waals surface area contributed by atoms with Crippen molar-refractivity contribution in [1.82, 2.24) is 14.7 Å². The van der Waals surface area contributed by atoms with Gasteiger partial charge in [-0.05, 0) is 6.07 Å². The zero-order valence-electron chi connectivity index (χ0n) is 20.0. The van der Waals surface area contributed by atoms with Crippen molar-refractivity contribution < 1.29 is 31.0 Å². The zero-order valence-corrected chi connectivity index (χ0v) is 22.2. The molecule has 1 aliphatic rings. The van der Waals surface area contributed by atoms with Crippen LogP contribution in [0.1, 0.15) is 56.4 Å². The van der Waals surface area contributed by atoms with Gasteiger partial charge in [0.25, 0.3) is 0 Å². The molecular formula is C25H35IN5O2-. The fourth-order valence-electron chi connectivity index (χ4n) is 3.99. The third-order valence-corrected chi connectivity index (χ3v) is 7.19. The first-order valence-corrected chi connectivity index (χ1v) is 14.2. The monoisotopic (exact) mass is 564 g/mol. The number of carbonyl (C=O) groups excluding carboxylic acids is 1. The number of alkyl halides is 1. The average molecular weight is 564 g/mol. The van der Waals surface area contributed by atoms with Crippen LogP contribution >= 0.6 is 0 Å². The molecule has 1 heterocycles. The Hall–Kier alpha value is -2.33. The SMILES string of the molecule is CCCC1=C(OCc2c(CC)cccc2NC(=O)N(C)C[I-]N)CCC(c2ccn(C)n2)=C1. The van der Waals surface area contributed by atoms with Gasteiger partial charge in [-0.3, -0.25) is 4.68 Å². The number of hydrogen-bond donors (Lipinski definition) is 2. The number of aryl methyl sites for hydroxylation is 2. The van der Waals surface area contributed by atoms with E-state index >= 15 is 0 Å². The molecule has 1 aliphatic carbocycles. The van der Waals surface area contributed by atoms with Gasteiger partial charge in [0.2, 0.25) is 0 Å². The second-order valence-electron chi connectivity index (χ2n) is 8.23. The summed E-state index contributed by atoms with van der Waals surface area (Å²) in [6.07, 6.45) is 8.90. The van der Waals surface area contributed by atoms with Crippen LogP contribution in [0.2, 0.25) is 0 Å². The van der Waals surface area contributed by atoms with Crippen molar-refractivity contribution in [2.75, 3.05) is 16.9 Å². The van der Waals surface area contributed by atoms with E-state index in [1.165, 1.54) is 16.7 Å². The topological polar surface area (TPSA) is 85.4 Å². The predicted molar refractivity (Wildman–Crippen MR) is 129 cm³/mol. The van der Waals surface area contributed by atoms with Crippen LogP contribution in [-0.2, 0) is 24.8 Å². The number of urea groups is 1. The van der Waals surface area contributed by atoms with Crippen LogP contribution in [0.4, 0.5) is 10.5 Å². The molecule has 0 saturated heterocycles. The van der Waals surface area contributed by atoms with E-state index in [1.54, 1.807) is 11.9 Å². The fraction of sp³-hybridized carbons (Fsp3) is 0.440. The van der Waals surface area contributed by atoms with Crippen molar-refractivity contribution in [1.29, 1.82) is 0 Å². The molecule has 0 atom stereocenters. The number of hydrogen-bond acceptors (Lipinski definition) is 4. The number of benzene rings is 1. The van der Waals surface area contributed by atoms with E-state index in [-0.39, 0.29) is 6.03 Å². The first kappa shape index (κ1) is 25.3. The number of nitrogens with zero attached hydrogens (tertiary/aromatic N) is 3. The van der Waals surface area contributed by atoms with Gasteiger partial charge in [0.1, 0.15) is 0 Å². The Morgan fingerprint density at radius 3 is 2.79 bits per heavy atom. The second kappa shape index (κ2) is 12.2. The molecule has 1 aromatic carbocycles. The average Bonchev–Trinajstić information content (AvgIpc) is 3.25. The predicted octanol–water partition coefficient (Wildman–Crippen LogP) is 1.81. The number of allylic oxidation sites excluding steroid dienone is 4. The summed E-state index contributed by atoms with van der Waals surface area (Å²) >= 11 is -0.482. The molecule has 0 aliphatic heterocycles. The molecule has 3 N–H and O–H groups in total. The molecular weight excluding hydrogens is 529 g/mol. The minimum absolute atomic E-state index is 0.138. The molecule has 7 nitrogen and oxygen atoms in total. The van der Waals surface area contributed by atoms with Crippen molar-refractivity contribution in [2.45, 2.75) is 52.6 Å². The zero-order chi connectivity index (χ0) is 23.8. The number of ether oxygens (including phenoxy) is 1. The van der Waals surface area contributed by atoms with Crippen molar-refractivity contribution in [2.24, 2.45) is 11.0 Å². The number of anilines is 1. The number of nitrogens with two attached hydrogens (primary N) is 1. The van der Waals surface area contributed by atoms with E-state index in [0.717, 1.165) is 54.8 Å². The Morgan fingerprint density at radius 2 is 2.12 bits per heavy atom.